The number of ether oxygens (including phenoxy) is 2. The zero-order valence-corrected chi connectivity index (χ0v) is 22.0. The molecular formula is C29H22Cl4O3. The minimum Gasteiger partial charge on any atom is -0.457 e. The lowest BCUT2D eigenvalue weighted by molar-refractivity contribution is -0.121. The van der Waals surface area contributed by atoms with Gasteiger partial charge in [-0.1, -0.05) is 60.7 Å². The van der Waals surface area contributed by atoms with E-state index < -0.39 is 21.5 Å². The predicted octanol–water partition coefficient (Wildman–Crippen LogP) is 9.32. The van der Waals surface area contributed by atoms with Crippen LogP contribution in [0.2, 0.25) is 0 Å². The third kappa shape index (κ3) is 6.74. The van der Waals surface area contributed by atoms with Crippen molar-refractivity contribution in [2.75, 3.05) is 0 Å². The number of alkyl halides is 4. The van der Waals surface area contributed by atoms with E-state index in [2.05, 4.69) is 0 Å². The molecule has 0 N–H and O–H groups in total. The van der Waals surface area contributed by atoms with Crippen LogP contribution < -0.4 is 9.47 Å². The highest BCUT2D eigenvalue weighted by Crippen LogP contribution is 2.39. The minimum atomic E-state index is -1.01. The predicted molar refractivity (Wildman–Crippen MR) is 147 cm³/mol. The van der Waals surface area contributed by atoms with Crippen LogP contribution >= 0.6 is 46.4 Å². The third-order valence-corrected chi connectivity index (χ3v) is 6.56. The Balaban J connectivity index is 1.54. The Morgan fingerprint density at radius 3 is 1.08 bits per heavy atom. The molecule has 0 saturated carbocycles. The first-order valence-electron chi connectivity index (χ1n) is 11.2. The summed E-state index contributed by atoms with van der Waals surface area (Å²) < 4.78 is 11.7. The molecule has 0 heterocycles. The van der Waals surface area contributed by atoms with Gasteiger partial charge in [-0.3, -0.25) is 4.79 Å². The van der Waals surface area contributed by atoms with Crippen molar-refractivity contribution >= 4 is 52.2 Å². The Hall–Kier alpha value is -2.69. The third-order valence-electron chi connectivity index (χ3n) is 5.55. The number of hydrogen-bond acceptors (Lipinski definition) is 3. The Morgan fingerprint density at radius 1 is 0.472 bits per heavy atom. The van der Waals surface area contributed by atoms with E-state index in [0.717, 1.165) is 0 Å². The average Bonchev–Trinajstić information content (AvgIpc) is 2.87. The second-order valence-corrected chi connectivity index (χ2v) is 10.3. The number of ketones is 1. The second kappa shape index (κ2) is 12.5. The maximum atomic E-state index is 13.7. The van der Waals surface area contributed by atoms with Crippen LogP contribution in [0.25, 0.3) is 0 Å². The van der Waals surface area contributed by atoms with Gasteiger partial charge in [0.2, 0.25) is 0 Å². The lowest BCUT2D eigenvalue weighted by Gasteiger charge is -2.25. The largest absolute Gasteiger partial charge is 0.457 e. The van der Waals surface area contributed by atoms with Gasteiger partial charge in [-0.25, -0.2) is 0 Å². The summed E-state index contributed by atoms with van der Waals surface area (Å²) in [5.74, 6) is 0.682. The molecule has 4 aromatic rings. The summed E-state index contributed by atoms with van der Waals surface area (Å²) in [5.41, 5.74) is 1.27. The zero-order chi connectivity index (χ0) is 25.5. The molecule has 184 valence electrons. The van der Waals surface area contributed by atoms with Crippen LogP contribution in [-0.4, -0.2) is 15.5 Å². The molecule has 2 unspecified atom stereocenters. The van der Waals surface area contributed by atoms with Gasteiger partial charge < -0.3 is 9.47 Å². The van der Waals surface area contributed by atoms with Crippen molar-refractivity contribution in [2.45, 2.75) is 21.5 Å². The molecule has 36 heavy (non-hydrogen) atoms. The Kier molecular flexibility index (Phi) is 9.17. The van der Waals surface area contributed by atoms with Crippen molar-refractivity contribution in [2.24, 2.45) is 0 Å². The van der Waals surface area contributed by atoms with Crippen LogP contribution in [0.4, 0.5) is 0 Å². The topological polar surface area (TPSA) is 35.5 Å². The first kappa shape index (κ1) is 26.4. The Labute approximate surface area is 230 Å². The molecular weight excluding hydrogens is 538 g/mol. The lowest BCUT2D eigenvalue weighted by Crippen LogP contribution is -2.28. The van der Waals surface area contributed by atoms with E-state index in [1.165, 1.54) is 0 Å². The van der Waals surface area contributed by atoms with Crippen LogP contribution in [0.5, 0.6) is 23.0 Å². The monoisotopic (exact) mass is 558 g/mol. The van der Waals surface area contributed by atoms with Gasteiger partial charge in [-0.05, 0) is 59.7 Å². The van der Waals surface area contributed by atoms with Crippen molar-refractivity contribution in [1.29, 1.82) is 0 Å². The number of para-hydroxylation sites is 2. The van der Waals surface area contributed by atoms with Crippen LogP contribution in [0.3, 0.4) is 0 Å². The first-order valence-corrected chi connectivity index (χ1v) is 12.9. The number of Topliss-reactive ketones (excluding diaryl/α,β-unsaturated/α-hetero) is 1. The molecule has 0 amide bonds. The summed E-state index contributed by atoms with van der Waals surface area (Å²) in [6.07, 6.45) is 0. The summed E-state index contributed by atoms with van der Waals surface area (Å²) in [5, 5.41) is 0. The fourth-order valence-electron chi connectivity index (χ4n) is 3.80. The lowest BCUT2D eigenvalue weighted by atomic mass is 9.85. The molecule has 0 aliphatic carbocycles. The number of halogens is 4. The van der Waals surface area contributed by atoms with Gasteiger partial charge in [-0.15, -0.1) is 46.4 Å². The molecule has 0 aromatic heterocycles. The zero-order valence-electron chi connectivity index (χ0n) is 18.9. The number of carbonyl (C=O) groups is 1. The van der Waals surface area contributed by atoms with Gasteiger partial charge in [0.15, 0.2) is 5.78 Å². The molecule has 3 nitrogen and oxygen atoms in total. The molecule has 2 atom stereocenters. The molecule has 0 aliphatic rings. The molecule has 7 heteroatoms. The smallest absolute Gasteiger partial charge is 0.153 e. The maximum absolute atomic E-state index is 13.7. The van der Waals surface area contributed by atoms with E-state index >= 15 is 0 Å². The molecule has 0 aliphatic heterocycles. The van der Waals surface area contributed by atoms with Crippen LogP contribution in [-0.2, 0) is 4.79 Å². The van der Waals surface area contributed by atoms with Gasteiger partial charge >= 0.3 is 0 Å². The summed E-state index contributed by atoms with van der Waals surface area (Å²) in [6.45, 7) is 0. The van der Waals surface area contributed by atoms with E-state index in [9.17, 15) is 4.79 Å². The fraction of sp³-hybridized carbons (Fsp3) is 0.138. The molecule has 0 radical (unpaired) electrons. The van der Waals surface area contributed by atoms with Gasteiger partial charge in [0.1, 0.15) is 32.7 Å². The van der Waals surface area contributed by atoms with Gasteiger partial charge in [0, 0.05) is 0 Å². The highest BCUT2D eigenvalue weighted by molar-refractivity contribution is 6.48. The fourth-order valence-corrected chi connectivity index (χ4v) is 4.88. The summed E-state index contributed by atoms with van der Waals surface area (Å²) in [6, 6.07) is 32.9. The number of benzene rings is 4. The van der Waals surface area contributed by atoms with E-state index in [1.54, 1.807) is 48.5 Å². The molecule has 0 spiro atoms. The van der Waals surface area contributed by atoms with Gasteiger partial charge in [-0.2, -0.15) is 0 Å². The van der Waals surface area contributed by atoms with Crippen LogP contribution in [0.1, 0.15) is 23.0 Å². The van der Waals surface area contributed by atoms with E-state index in [0.29, 0.717) is 34.1 Å². The van der Waals surface area contributed by atoms with Crippen LogP contribution in [0, 0.1) is 0 Å². The Morgan fingerprint density at radius 2 is 0.778 bits per heavy atom. The van der Waals surface area contributed by atoms with Crippen molar-refractivity contribution in [3.63, 3.8) is 0 Å². The average molecular weight is 560 g/mol. The highest BCUT2D eigenvalue weighted by Gasteiger charge is 2.37. The number of carbonyl (C=O) groups excluding carboxylic acids is 1. The summed E-state index contributed by atoms with van der Waals surface area (Å²) >= 11 is 25.2. The molecule has 0 bridgehead atoms. The summed E-state index contributed by atoms with van der Waals surface area (Å²) in [7, 11) is 0. The van der Waals surface area contributed by atoms with Crippen molar-refractivity contribution in [1.82, 2.24) is 0 Å². The maximum Gasteiger partial charge on any atom is 0.153 e. The molecule has 4 aromatic carbocycles. The van der Waals surface area contributed by atoms with Crippen molar-refractivity contribution in [3.8, 4) is 23.0 Å². The molecule has 0 fully saturated rings. The molecule has 0 saturated heterocycles. The minimum absolute atomic E-state index is 0.284. The van der Waals surface area contributed by atoms with E-state index in [4.69, 9.17) is 55.9 Å². The van der Waals surface area contributed by atoms with Gasteiger partial charge in [0.25, 0.3) is 0 Å². The number of rotatable bonds is 10. The standard InChI is InChI=1S/C29H22Cl4O3/c30-28(31)25(19-11-15-23(16-12-19)35-21-7-3-1-4-8-21)27(34)26(29(32)33)20-13-17-24(18-14-20)36-22-9-5-2-6-10-22/h1-18,25-26,28-29H. The first-order chi connectivity index (χ1) is 17.4. The second-order valence-electron chi connectivity index (χ2n) is 7.99. The van der Waals surface area contributed by atoms with E-state index in [-0.39, 0.29) is 5.78 Å². The van der Waals surface area contributed by atoms with Crippen molar-refractivity contribution < 1.29 is 14.3 Å². The van der Waals surface area contributed by atoms with Gasteiger partial charge in [0.05, 0.1) is 11.8 Å². The van der Waals surface area contributed by atoms with Crippen LogP contribution in [0.15, 0.2) is 109 Å². The quantitative estimate of drug-likeness (QED) is 0.181. The highest BCUT2D eigenvalue weighted by atomic mass is 35.5. The van der Waals surface area contributed by atoms with Crippen molar-refractivity contribution in [3.05, 3.63) is 120 Å². The molecule has 4 rings (SSSR count). The van der Waals surface area contributed by atoms with E-state index in [1.807, 2.05) is 60.7 Å². The summed E-state index contributed by atoms with van der Waals surface area (Å²) in [4.78, 5) is 11.7. The number of hydrogen-bond donors (Lipinski definition) is 0. The Bertz CT molecular complexity index is 1150. The normalized spacial score (nSPS) is 12.8. The SMILES string of the molecule is O=C(C(c1ccc(Oc2ccccc2)cc1)C(Cl)Cl)C(c1ccc(Oc2ccccc2)cc1)C(Cl)Cl.